The summed E-state index contributed by atoms with van der Waals surface area (Å²) < 4.78 is 27.4. The number of benzene rings is 1. The standard InChI is InChI=1S/C20H24N4O3S2/c1-14-11-19(16(3)28-14)29(26,27)24-9-7-23(8-10-24)15(2)20(25)22-18-6-4-5-17(12-18)13-21/h4-6,11-12,15H,7-10H2,1-3H3,(H,22,25). The number of nitrogens with zero attached hydrogens (tertiary/aromatic N) is 3. The Labute approximate surface area is 175 Å². The van der Waals surface area contributed by atoms with Gasteiger partial charge in [0.1, 0.15) is 0 Å². The van der Waals surface area contributed by atoms with E-state index in [9.17, 15) is 13.2 Å². The minimum absolute atomic E-state index is 0.180. The molecule has 1 atom stereocenters. The van der Waals surface area contributed by atoms with Crippen LogP contribution in [0.2, 0.25) is 0 Å². The number of thiophene rings is 1. The highest BCUT2D eigenvalue weighted by Gasteiger charge is 2.33. The van der Waals surface area contributed by atoms with E-state index in [-0.39, 0.29) is 5.91 Å². The van der Waals surface area contributed by atoms with Gasteiger partial charge in [0.2, 0.25) is 15.9 Å². The molecular formula is C20H24N4O3S2. The fraction of sp³-hybridized carbons (Fsp3) is 0.400. The highest BCUT2D eigenvalue weighted by molar-refractivity contribution is 7.89. The van der Waals surface area contributed by atoms with E-state index < -0.39 is 16.1 Å². The molecule has 1 unspecified atom stereocenters. The van der Waals surface area contributed by atoms with Gasteiger partial charge in [-0.2, -0.15) is 9.57 Å². The number of carbonyl (C=O) groups is 1. The summed E-state index contributed by atoms with van der Waals surface area (Å²) in [5.41, 5.74) is 1.05. The zero-order chi connectivity index (χ0) is 21.2. The Balaban J connectivity index is 1.61. The van der Waals surface area contributed by atoms with Crippen LogP contribution in [-0.2, 0) is 14.8 Å². The van der Waals surface area contributed by atoms with E-state index in [2.05, 4.69) is 5.32 Å². The first-order valence-electron chi connectivity index (χ1n) is 9.34. The first-order chi connectivity index (χ1) is 13.7. The van der Waals surface area contributed by atoms with Gasteiger partial charge in [-0.3, -0.25) is 9.69 Å². The predicted molar refractivity (Wildman–Crippen MR) is 113 cm³/mol. The molecule has 0 spiro atoms. The van der Waals surface area contributed by atoms with Gasteiger partial charge in [-0.05, 0) is 45.0 Å². The van der Waals surface area contributed by atoms with E-state index in [0.717, 1.165) is 9.75 Å². The van der Waals surface area contributed by atoms with Crippen molar-refractivity contribution in [1.82, 2.24) is 9.21 Å². The summed E-state index contributed by atoms with van der Waals surface area (Å²) in [7, 11) is -3.51. The minimum Gasteiger partial charge on any atom is -0.325 e. The zero-order valence-electron chi connectivity index (χ0n) is 16.7. The van der Waals surface area contributed by atoms with Crippen LogP contribution in [-0.4, -0.2) is 55.8 Å². The monoisotopic (exact) mass is 432 g/mol. The molecule has 1 aliphatic heterocycles. The minimum atomic E-state index is -3.51. The molecule has 29 heavy (non-hydrogen) atoms. The number of piperazine rings is 1. The maximum Gasteiger partial charge on any atom is 0.244 e. The molecule has 0 radical (unpaired) electrons. The highest BCUT2D eigenvalue weighted by Crippen LogP contribution is 2.28. The van der Waals surface area contributed by atoms with Crippen LogP contribution in [0.4, 0.5) is 5.69 Å². The molecule has 3 rings (SSSR count). The topological polar surface area (TPSA) is 93.5 Å². The number of nitrogens with one attached hydrogen (secondary N) is 1. The van der Waals surface area contributed by atoms with E-state index >= 15 is 0 Å². The first-order valence-corrected chi connectivity index (χ1v) is 11.6. The van der Waals surface area contributed by atoms with Crippen molar-refractivity contribution in [3.05, 3.63) is 45.6 Å². The van der Waals surface area contributed by atoms with E-state index in [1.165, 1.54) is 15.6 Å². The third-order valence-corrected chi connectivity index (χ3v) is 8.19. The molecule has 1 fully saturated rings. The summed E-state index contributed by atoms with van der Waals surface area (Å²) >= 11 is 1.48. The van der Waals surface area contributed by atoms with Crippen molar-refractivity contribution in [2.45, 2.75) is 31.7 Å². The second kappa shape index (κ2) is 8.63. The third-order valence-electron chi connectivity index (χ3n) is 5.07. The molecule has 1 N–H and O–H groups in total. The van der Waals surface area contributed by atoms with Crippen molar-refractivity contribution < 1.29 is 13.2 Å². The normalized spacial score (nSPS) is 16.9. The second-order valence-corrected chi connectivity index (χ2v) is 10.4. The molecule has 1 saturated heterocycles. The maximum atomic E-state index is 12.9. The van der Waals surface area contributed by atoms with Crippen molar-refractivity contribution in [3.63, 3.8) is 0 Å². The van der Waals surface area contributed by atoms with Gasteiger partial charge in [0, 0.05) is 41.6 Å². The lowest BCUT2D eigenvalue weighted by Gasteiger charge is -2.36. The van der Waals surface area contributed by atoms with Crippen LogP contribution in [0.15, 0.2) is 35.2 Å². The highest BCUT2D eigenvalue weighted by atomic mass is 32.2. The average Bonchev–Trinajstić information content (AvgIpc) is 3.06. The van der Waals surface area contributed by atoms with Crippen LogP contribution in [0.25, 0.3) is 0 Å². The number of hydrogen-bond acceptors (Lipinski definition) is 6. The lowest BCUT2D eigenvalue weighted by Crippen LogP contribution is -2.53. The van der Waals surface area contributed by atoms with Crippen LogP contribution >= 0.6 is 11.3 Å². The van der Waals surface area contributed by atoms with E-state index in [1.54, 1.807) is 37.3 Å². The lowest BCUT2D eigenvalue weighted by atomic mass is 10.2. The number of carbonyl (C=O) groups excluding carboxylic acids is 1. The van der Waals surface area contributed by atoms with Crippen molar-refractivity contribution in [3.8, 4) is 6.07 Å². The summed E-state index contributed by atoms with van der Waals surface area (Å²) in [6, 6.07) is 10.1. The maximum absolute atomic E-state index is 12.9. The molecule has 1 aromatic carbocycles. The Morgan fingerprint density at radius 1 is 1.21 bits per heavy atom. The van der Waals surface area contributed by atoms with Gasteiger partial charge in [-0.1, -0.05) is 6.07 Å². The molecule has 0 bridgehead atoms. The Morgan fingerprint density at radius 3 is 2.48 bits per heavy atom. The number of anilines is 1. The summed E-state index contributed by atoms with van der Waals surface area (Å²) in [6.45, 7) is 7.19. The molecule has 0 saturated carbocycles. The Bertz CT molecular complexity index is 1050. The van der Waals surface area contributed by atoms with Gasteiger partial charge >= 0.3 is 0 Å². The van der Waals surface area contributed by atoms with E-state index in [0.29, 0.717) is 42.3 Å². The van der Waals surface area contributed by atoms with Crippen molar-refractivity contribution in [2.24, 2.45) is 0 Å². The molecule has 2 heterocycles. The van der Waals surface area contributed by atoms with Gasteiger partial charge in [0.25, 0.3) is 0 Å². The molecule has 7 nitrogen and oxygen atoms in total. The Hall–Kier alpha value is -2.25. The Kier molecular flexibility index (Phi) is 6.39. The fourth-order valence-electron chi connectivity index (χ4n) is 3.41. The van der Waals surface area contributed by atoms with Crippen LogP contribution in [0.5, 0.6) is 0 Å². The van der Waals surface area contributed by atoms with Gasteiger partial charge < -0.3 is 5.32 Å². The van der Waals surface area contributed by atoms with E-state index in [4.69, 9.17) is 5.26 Å². The number of hydrogen-bond donors (Lipinski definition) is 1. The first kappa shape index (κ1) is 21.5. The fourth-order valence-corrected chi connectivity index (χ4v) is 6.36. The molecule has 154 valence electrons. The Morgan fingerprint density at radius 2 is 1.90 bits per heavy atom. The summed E-state index contributed by atoms with van der Waals surface area (Å²) in [4.78, 5) is 16.7. The zero-order valence-corrected chi connectivity index (χ0v) is 18.3. The number of amides is 1. The molecule has 1 amide bonds. The smallest absolute Gasteiger partial charge is 0.244 e. The van der Waals surface area contributed by atoms with Gasteiger partial charge in [-0.15, -0.1) is 11.3 Å². The van der Waals surface area contributed by atoms with Crippen LogP contribution in [0.3, 0.4) is 0 Å². The average molecular weight is 433 g/mol. The van der Waals surface area contributed by atoms with Gasteiger partial charge in [0.05, 0.1) is 22.6 Å². The van der Waals surface area contributed by atoms with Crippen LogP contribution in [0, 0.1) is 25.2 Å². The number of aryl methyl sites for hydroxylation is 2. The largest absolute Gasteiger partial charge is 0.325 e. The third kappa shape index (κ3) is 4.67. The summed E-state index contributed by atoms with van der Waals surface area (Å²) in [6.07, 6.45) is 0. The molecule has 2 aromatic rings. The molecule has 9 heteroatoms. The van der Waals surface area contributed by atoms with Gasteiger partial charge in [0.15, 0.2) is 0 Å². The molecule has 1 aliphatic rings. The summed E-state index contributed by atoms with van der Waals surface area (Å²) in [5, 5.41) is 11.8. The van der Waals surface area contributed by atoms with E-state index in [1.807, 2.05) is 24.8 Å². The number of sulfonamides is 1. The van der Waals surface area contributed by atoms with Crippen molar-refractivity contribution in [1.29, 1.82) is 5.26 Å². The SMILES string of the molecule is Cc1cc(S(=O)(=O)N2CCN(C(C)C(=O)Nc3cccc(C#N)c3)CC2)c(C)s1. The summed E-state index contributed by atoms with van der Waals surface area (Å²) in [5.74, 6) is -0.180. The second-order valence-electron chi connectivity index (χ2n) is 7.08. The predicted octanol–water partition coefficient (Wildman–Crippen LogP) is 2.57. The number of rotatable bonds is 5. The van der Waals surface area contributed by atoms with Crippen molar-refractivity contribution >= 4 is 33.0 Å². The van der Waals surface area contributed by atoms with Crippen LogP contribution < -0.4 is 5.32 Å². The van der Waals surface area contributed by atoms with Crippen LogP contribution in [0.1, 0.15) is 22.2 Å². The number of nitriles is 1. The molecule has 0 aliphatic carbocycles. The lowest BCUT2D eigenvalue weighted by molar-refractivity contribution is -0.121. The van der Waals surface area contributed by atoms with Gasteiger partial charge in [-0.25, -0.2) is 8.42 Å². The molecular weight excluding hydrogens is 408 g/mol. The quantitative estimate of drug-likeness (QED) is 0.784. The van der Waals surface area contributed by atoms with Crippen molar-refractivity contribution in [2.75, 3.05) is 31.5 Å². The molecule has 1 aromatic heterocycles.